The highest BCUT2D eigenvalue weighted by Gasteiger charge is 2.27. The largest absolute Gasteiger partial charge is 0.489 e. The molecule has 1 unspecified atom stereocenters. The predicted octanol–water partition coefficient (Wildman–Crippen LogP) is 5.15. The van der Waals surface area contributed by atoms with E-state index in [2.05, 4.69) is 11.9 Å². The van der Waals surface area contributed by atoms with Crippen molar-refractivity contribution in [3.05, 3.63) is 65.9 Å². The Hall–Kier alpha value is -2.75. The first kappa shape index (κ1) is 17.7. The Kier molecular flexibility index (Phi) is 5.14. The molecule has 0 bridgehead atoms. The fraction of sp³-hybridized carbons (Fsp3) is 0.348. The minimum absolute atomic E-state index is 0.115. The van der Waals surface area contributed by atoms with Crippen LogP contribution in [-0.4, -0.2) is 28.4 Å². The van der Waals surface area contributed by atoms with Crippen molar-refractivity contribution in [2.75, 3.05) is 6.54 Å². The Bertz CT molecular complexity index is 917. The molecule has 27 heavy (non-hydrogen) atoms. The van der Waals surface area contributed by atoms with Crippen LogP contribution in [0.25, 0.3) is 10.9 Å². The molecule has 0 saturated carbocycles. The van der Waals surface area contributed by atoms with E-state index in [1.807, 2.05) is 59.5 Å². The van der Waals surface area contributed by atoms with Crippen LogP contribution >= 0.6 is 0 Å². The third kappa shape index (κ3) is 3.85. The number of amides is 1. The second kappa shape index (κ2) is 7.87. The standard InChI is InChI=1S/C23H26N2O2/c1-2-19-10-6-7-13-25(19)23(26)22-14-18-11-12-20(15-21(18)24-22)27-16-17-8-4-3-5-9-17/h3-5,8-9,11-12,14-15,19,24H,2,6-7,10,13,16H2,1H3. The third-order valence-electron chi connectivity index (χ3n) is 5.43. The molecular formula is C23H26N2O2. The number of fused-ring (bicyclic) bond motifs is 1. The molecule has 4 rings (SSSR count). The lowest BCUT2D eigenvalue weighted by atomic mass is 9.99. The summed E-state index contributed by atoms with van der Waals surface area (Å²) in [6.45, 7) is 3.56. The smallest absolute Gasteiger partial charge is 0.270 e. The summed E-state index contributed by atoms with van der Waals surface area (Å²) in [5, 5.41) is 1.04. The van der Waals surface area contributed by atoms with Crippen LogP contribution in [0.3, 0.4) is 0 Å². The summed E-state index contributed by atoms with van der Waals surface area (Å²) in [5.41, 5.74) is 2.75. The van der Waals surface area contributed by atoms with Crippen LogP contribution in [0.4, 0.5) is 0 Å². The van der Waals surface area contributed by atoms with Gasteiger partial charge in [-0.2, -0.15) is 0 Å². The van der Waals surface area contributed by atoms with Crippen molar-refractivity contribution in [3.8, 4) is 5.75 Å². The van der Waals surface area contributed by atoms with Crippen LogP contribution in [0.15, 0.2) is 54.6 Å². The highest BCUT2D eigenvalue weighted by atomic mass is 16.5. The van der Waals surface area contributed by atoms with Crippen molar-refractivity contribution in [1.82, 2.24) is 9.88 Å². The van der Waals surface area contributed by atoms with E-state index in [0.717, 1.165) is 48.0 Å². The van der Waals surface area contributed by atoms with E-state index in [4.69, 9.17) is 4.74 Å². The molecule has 1 amide bonds. The van der Waals surface area contributed by atoms with Crippen LogP contribution in [0, 0.1) is 0 Å². The Balaban J connectivity index is 1.51. The minimum Gasteiger partial charge on any atom is -0.489 e. The lowest BCUT2D eigenvalue weighted by molar-refractivity contribution is 0.0603. The van der Waals surface area contributed by atoms with Gasteiger partial charge in [0.05, 0.1) is 0 Å². The van der Waals surface area contributed by atoms with Gasteiger partial charge in [0, 0.05) is 29.6 Å². The molecule has 0 aliphatic carbocycles. The fourth-order valence-electron chi connectivity index (χ4n) is 3.90. The van der Waals surface area contributed by atoms with Crippen molar-refractivity contribution < 1.29 is 9.53 Å². The van der Waals surface area contributed by atoms with E-state index in [1.54, 1.807) is 0 Å². The highest BCUT2D eigenvalue weighted by molar-refractivity contribution is 5.98. The molecule has 1 aromatic heterocycles. The first-order chi connectivity index (χ1) is 13.2. The number of hydrogen-bond donors (Lipinski definition) is 1. The molecule has 1 fully saturated rings. The molecule has 4 heteroatoms. The lowest BCUT2D eigenvalue weighted by Crippen LogP contribution is -2.43. The Morgan fingerprint density at radius 1 is 1.15 bits per heavy atom. The Labute approximate surface area is 160 Å². The molecule has 0 radical (unpaired) electrons. The molecule has 1 saturated heterocycles. The van der Waals surface area contributed by atoms with Crippen LogP contribution < -0.4 is 4.74 Å². The van der Waals surface area contributed by atoms with Gasteiger partial charge in [0.2, 0.25) is 0 Å². The number of carbonyl (C=O) groups excluding carboxylic acids is 1. The van der Waals surface area contributed by atoms with E-state index in [-0.39, 0.29) is 5.91 Å². The van der Waals surface area contributed by atoms with Gasteiger partial charge in [-0.3, -0.25) is 4.79 Å². The van der Waals surface area contributed by atoms with Crippen LogP contribution in [-0.2, 0) is 6.61 Å². The normalized spacial score (nSPS) is 17.2. The summed E-state index contributed by atoms with van der Waals surface area (Å²) < 4.78 is 5.91. The number of hydrogen-bond acceptors (Lipinski definition) is 2. The van der Waals surface area contributed by atoms with Gasteiger partial charge < -0.3 is 14.6 Å². The van der Waals surface area contributed by atoms with Crippen LogP contribution in [0.1, 0.15) is 48.7 Å². The van der Waals surface area contributed by atoms with E-state index in [9.17, 15) is 4.79 Å². The number of aromatic amines is 1. The van der Waals surface area contributed by atoms with Gasteiger partial charge >= 0.3 is 0 Å². The number of ether oxygens (including phenoxy) is 1. The number of H-pyrrole nitrogens is 1. The van der Waals surface area contributed by atoms with Gasteiger partial charge in [-0.1, -0.05) is 37.3 Å². The first-order valence-corrected chi connectivity index (χ1v) is 9.85. The van der Waals surface area contributed by atoms with Crippen LogP contribution in [0.5, 0.6) is 5.75 Å². The van der Waals surface area contributed by atoms with E-state index in [1.165, 1.54) is 6.42 Å². The molecule has 2 heterocycles. The number of benzene rings is 2. The average molecular weight is 362 g/mol. The molecular weight excluding hydrogens is 336 g/mol. The zero-order valence-corrected chi connectivity index (χ0v) is 15.8. The molecule has 1 aliphatic heterocycles. The number of piperidine rings is 1. The summed E-state index contributed by atoms with van der Waals surface area (Å²) >= 11 is 0. The third-order valence-corrected chi connectivity index (χ3v) is 5.43. The predicted molar refractivity (Wildman–Crippen MR) is 108 cm³/mol. The maximum Gasteiger partial charge on any atom is 0.270 e. The zero-order valence-electron chi connectivity index (χ0n) is 15.8. The maximum atomic E-state index is 13.0. The Morgan fingerprint density at radius 3 is 2.81 bits per heavy atom. The molecule has 3 aromatic rings. The highest BCUT2D eigenvalue weighted by Crippen LogP contribution is 2.25. The molecule has 1 atom stereocenters. The van der Waals surface area contributed by atoms with Gasteiger partial charge in [-0.15, -0.1) is 0 Å². The SMILES string of the molecule is CCC1CCCCN1C(=O)c1cc2ccc(OCc3ccccc3)cc2[nH]1. The summed E-state index contributed by atoms with van der Waals surface area (Å²) in [6.07, 6.45) is 4.44. The van der Waals surface area contributed by atoms with E-state index < -0.39 is 0 Å². The lowest BCUT2D eigenvalue weighted by Gasteiger charge is -2.35. The monoisotopic (exact) mass is 362 g/mol. The fourth-order valence-corrected chi connectivity index (χ4v) is 3.90. The van der Waals surface area contributed by atoms with E-state index >= 15 is 0 Å². The molecule has 1 aliphatic rings. The second-order valence-corrected chi connectivity index (χ2v) is 7.26. The van der Waals surface area contributed by atoms with Gasteiger partial charge in [-0.25, -0.2) is 0 Å². The van der Waals surface area contributed by atoms with Crippen molar-refractivity contribution in [2.45, 2.75) is 45.3 Å². The van der Waals surface area contributed by atoms with Crippen molar-refractivity contribution in [1.29, 1.82) is 0 Å². The maximum absolute atomic E-state index is 13.0. The van der Waals surface area contributed by atoms with E-state index in [0.29, 0.717) is 18.3 Å². The number of nitrogens with one attached hydrogen (secondary N) is 1. The number of nitrogens with zero attached hydrogens (tertiary/aromatic N) is 1. The first-order valence-electron chi connectivity index (χ1n) is 9.85. The molecule has 4 nitrogen and oxygen atoms in total. The average Bonchev–Trinajstić information content (AvgIpc) is 3.16. The quantitative estimate of drug-likeness (QED) is 0.682. The summed E-state index contributed by atoms with van der Waals surface area (Å²) in [6, 6.07) is 18.4. The van der Waals surface area contributed by atoms with Gasteiger partial charge in [-0.05, 0) is 49.4 Å². The molecule has 140 valence electrons. The summed E-state index contributed by atoms with van der Waals surface area (Å²) in [5.74, 6) is 0.918. The number of rotatable bonds is 5. The zero-order chi connectivity index (χ0) is 18.6. The van der Waals surface area contributed by atoms with Gasteiger partial charge in [0.1, 0.15) is 18.1 Å². The van der Waals surface area contributed by atoms with Gasteiger partial charge in [0.15, 0.2) is 0 Å². The summed E-state index contributed by atoms with van der Waals surface area (Å²) in [4.78, 5) is 18.3. The Morgan fingerprint density at radius 2 is 2.00 bits per heavy atom. The van der Waals surface area contributed by atoms with Gasteiger partial charge in [0.25, 0.3) is 5.91 Å². The molecule has 1 N–H and O–H groups in total. The van der Waals surface area contributed by atoms with Crippen LogP contribution in [0.2, 0.25) is 0 Å². The second-order valence-electron chi connectivity index (χ2n) is 7.26. The topological polar surface area (TPSA) is 45.3 Å². The summed E-state index contributed by atoms with van der Waals surface area (Å²) in [7, 11) is 0. The minimum atomic E-state index is 0.115. The molecule has 2 aromatic carbocycles. The molecule has 0 spiro atoms. The number of likely N-dealkylation sites (tertiary alicyclic amines) is 1. The van der Waals surface area contributed by atoms with Crippen molar-refractivity contribution in [3.63, 3.8) is 0 Å². The number of aromatic nitrogens is 1. The van der Waals surface area contributed by atoms with Crippen molar-refractivity contribution >= 4 is 16.8 Å². The van der Waals surface area contributed by atoms with Crippen molar-refractivity contribution in [2.24, 2.45) is 0 Å². The number of carbonyl (C=O) groups is 1.